The van der Waals surface area contributed by atoms with Gasteiger partial charge in [-0.1, -0.05) is 0 Å². The Labute approximate surface area is 109 Å². The SMILES string of the molecule is CN(CC1CCOCC1)C(CN)c1ccncc1. The van der Waals surface area contributed by atoms with Crippen molar-refractivity contribution in [1.82, 2.24) is 9.88 Å². The molecule has 2 heterocycles. The van der Waals surface area contributed by atoms with Gasteiger partial charge in [-0.25, -0.2) is 0 Å². The summed E-state index contributed by atoms with van der Waals surface area (Å²) < 4.78 is 5.40. The van der Waals surface area contributed by atoms with Gasteiger partial charge in [0.25, 0.3) is 0 Å². The van der Waals surface area contributed by atoms with Crippen LogP contribution in [0, 0.1) is 5.92 Å². The standard InChI is InChI=1S/C14H23N3O/c1-17(11-12-4-8-18-9-5-12)14(10-15)13-2-6-16-7-3-13/h2-3,6-7,12,14H,4-5,8-11,15H2,1H3. The number of rotatable bonds is 5. The van der Waals surface area contributed by atoms with Crippen molar-refractivity contribution in [2.75, 3.05) is 33.4 Å². The molecule has 2 N–H and O–H groups in total. The van der Waals surface area contributed by atoms with Crippen molar-refractivity contribution in [3.63, 3.8) is 0 Å². The second-order valence-corrected chi connectivity index (χ2v) is 5.03. The van der Waals surface area contributed by atoms with Gasteiger partial charge >= 0.3 is 0 Å². The third-order valence-corrected chi connectivity index (χ3v) is 3.73. The first kappa shape index (κ1) is 13.5. The molecule has 1 aliphatic rings. The topological polar surface area (TPSA) is 51.4 Å². The van der Waals surface area contributed by atoms with Crippen molar-refractivity contribution in [1.29, 1.82) is 0 Å². The zero-order valence-corrected chi connectivity index (χ0v) is 11.1. The lowest BCUT2D eigenvalue weighted by Crippen LogP contribution is -2.36. The van der Waals surface area contributed by atoms with Crippen LogP contribution in [-0.2, 0) is 4.74 Å². The first-order valence-corrected chi connectivity index (χ1v) is 6.69. The van der Waals surface area contributed by atoms with Crippen LogP contribution in [0.1, 0.15) is 24.4 Å². The van der Waals surface area contributed by atoms with E-state index in [2.05, 4.69) is 29.1 Å². The molecule has 1 unspecified atom stereocenters. The van der Waals surface area contributed by atoms with Crippen molar-refractivity contribution in [2.24, 2.45) is 11.7 Å². The van der Waals surface area contributed by atoms with Gasteiger partial charge in [-0.05, 0) is 43.5 Å². The molecule has 1 fully saturated rings. The highest BCUT2D eigenvalue weighted by molar-refractivity contribution is 5.15. The average molecular weight is 249 g/mol. The van der Waals surface area contributed by atoms with Crippen LogP contribution >= 0.6 is 0 Å². The summed E-state index contributed by atoms with van der Waals surface area (Å²) in [7, 11) is 2.16. The highest BCUT2D eigenvalue weighted by Gasteiger charge is 2.21. The van der Waals surface area contributed by atoms with Gasteiger partial charge in [0.1, 0.15) is 0 Å². The van der Waals surface area contributed by atoms with Gasteiger partial charge in [0.05, 0.1) is 0 Å². The predicted molar refractivity (Wildman–Crippen MR) is 72.2 cm³/mol. The Morgan fingerprint density at radius 1 is 1.39 bits per heavy atom. The van der Waals surface area contributed by atoms with Gasteiger partial charge in [0.15, 0.2) is 0 Å². The summed E-state index contributed by atoms with van der Waals surface area (Å²) in [6.07, 6.45) is 6.00. The van der Waals surface area contributed by atoms with Crippen LogP contribution in [-0.4, -0.2) is 43.2 Å². The molecular formula is C14H23N3O. The highest BCUT2D eigenvalue weighted by Crippen LogP contribution is 2.22. The van der Waals surface area contributed by atoms with E-state index >= 15 is 0 Å². The van der Waals surface area contributed by atoms with E-state index in [0.29, 0.717) is 6.54 Å². The molecule has 0 aromatic carbocycles. The lowest BCUT2D eigenvalue weighted by atomic mass is 9.98. The molecule has 1 atom stereocenters. The van der Waals surface area contributed by atoms with Gasteiger partial charge in [0.2, 0.25) is 0 Å². The fourth-order valence-corrected chi connectivity index (χ4v) is 2.62. The Bertz CT molecular complexity index is 338. The van der Waals surface area contributed by atoms with Crippen LogP contribution in [0.4, 0.5) is 0 Å². The number of aromatic nitrogens is 1. The summed E-state index contributed by atoms with van der Waals surface area (Å²) in [6.45, 7) is 3.54. The molecule has 1 aromatic heterocycles. The van der Waals surface area contributed by atoms with Crippen molar-refractivity contribution in [3.8, 4) is 0 Å². The van der Waals surface area contributed by atoms with Crippen molar-refractivity contribution >= 4 is 0 Å². The van der Waals surface area contributed by atoms with Gasteiger partial charge in [-0.2, -0.15) is 0 Å². The van der Waals surface area contributed by atoms with E-state index in [-0.39, 0.29) is 6.04 Å². The summed E-state index contributed by atoms with van der Waals surface area (Å²) in [5.41, 5.74) is 7.18. The normalized spacial score (nSPS) is 19.1. The second-order valence-electron chi connectivity index (χ2n) is 5.03. The molecule has 1 saturated heterocycles. The van der Waals surface area contributed by atoms with Crippen LogP contribution in [0.2, 0.25) is 0 Å². The van der Waals surface area contributed by atoms with Crippen LogP contribution in [0.5, 0.6) is 0 Å². The zero-order valence-electron chi connectivity index (χ0n) is 11.1. The maximum Gasteiger partial charge on any atom is 0.0469 e. The zero-order chi connectivity index (χ0) is 12.8. The quantitative estimate of drug-likeness (QED) is 0.858. The molecule has 1 aromatic rings. The molecule has 0 amide bonds. The van der Waals surface area contributed by atoms with Gasteiger partial charge in [0, 0.05) is 44.7 Å². The molecule has 1 aliphatic heterocycles. The molecule has 18 heavy (non-hydrogen) atoms. The highest BCUT2D eigenvalue weighted by atomic mass is 16.5. The number of ether oxygens (including phenoxy) is 1. The molecule has 4 nitrogen and oxygen atoms in total. The average Bonchev–Trinajstić information content (AvgIpc) is 2.42. The van der Waals surface area contributed by atoms with Crippen molar-refractivity contribution in [3.05, 3.63) is 30.1 Å². The number of hydrogen-bond acceptors (Lipinski definition) is 4. The molecule has 0 saturated carbocycles. The summed E-state index contributed by atoms with van der Waals surface area (Å²) in [5, 5.41) is 0. The monoisotopic (exact) mass is 249 g/mol. The van der Waals surface area contributed by atoms with E-state index in [1.54, 1.807) is 0 Å². The minimum Gasteiger partial charge on any atom is -0.381 e. The third kappa shape index (κ3) is 3.51. The molecule has 0 spiro atoms. The Morgan fingerprint density at radius 2 is 2.06 bits per heavy atom. The molecule has 2 rings (SSSR count). The Hall–Kier alpha value is -0.970. The Morgan fingerprint density at radius 3 is 2.67 bits per heavy atom. The first-order valence-electron chi connectivity index (χ1n) is 6.69. The summed E-state index contributed by atoms with van der Waals surface area (Å²) >= 11 is 0. The lowest BCUT2D eigenvalue weighted by molar-refractivity contribution is 0.0507. The molecule has 0 aliphatic carbocycles. The third-order valence-electron chi connectivity index (χ3n) is 3.73. The molecular weight excluding hydrogens is 226 g/mol. The lowest BCUT2D eigenvalue weighted by Gasteiger charge is -2.32. The maximum absolute atomic E-state index is 5.92. The van der Waals surface area contributed by atoms with E-state index in [9.17, 15) is 0 Å². The van der Waals surface area contributed by atoms with Crippen molar-refractivity contribution < 1.29 is 4.74 Å². The summed E-state index contributed by atoms with van der Waals surface area (Å²) in [4.78, 5) is 6.43. The fraction of sp³-hybridized carbons (Fsp3) is 0.643. The minimum absolute atomic E-state index is 0.288. The summed E-state index contributed by atoms with van der Waals surface area (Å²) in [5.74, 6) is 0.736. The van der Waals surface area contributed by atoms with Crippen LogP contribution < -0.4 is 5.73 Å². The number of hydrogen-bond donors (Lipinski definition) is 1. The van der Waals surface area contributed by atoms with Crippen molar-refractivity contribution in [2.45, 2.75) is 18.9 Å². The van der Waals surface area contributed by atoms with Gasteiger partial charge in [-0.3, -0.25) is 9.88 Å². The first-order chi connectivity index (χ1) is 8.81. The Balaban J connectivity index is 1.94. The maximum atomic E-state index is 5.92. The van der Waals surface area contributed by atoms with E-state index in [1.165, 1.54) is 5.56 Å². The van der Waals surface area contributed by atoms with Crippen LogP contribution in [0.3, 0.4) is 0 Å². The smallest absolute Gasteiger partial charge is 0.0469 e. The van der Waals surface area contributed by atoms with E-state index in [1.807, 2.05) is 12.4 Å². The molecule has 4 heteroatoms. The second kappa shape index (κ2) is 6.83. The fourth-order valence-electron chi connectivity index (χ4n) is 2.62. The summed E-state index contributed by atoms with van der Waals surface area (Å²) in [6, 6.07) is 4.39. The molecule has 100 valence electrons. The predicted octanol–water partition coefficient (Wildman–Crippen LogP) is 1.44. The molecule has 0 bridgehead atoms. The van der Waals surface area contributed by atoms with Crippen LogP contribution in [0.15, 0.2) is 24.5 Å². The van der Waals surface area contributed by atoms with E-state index in [0.717, 1.165) is 38.5 Å². The van der Waals surface area contributed by atoms with Gasteiger partial charge in [-0.15, -0.1) is 0 Å². The van der Waals surface area contributed by atoms with Crippen LogP contribution in [0.25, 0.3) is 0 Å². The Kier molecular flexibility index (Phi) is 5.11. The van der Waals surface area contributed by atoms with E-state index in [4.69, 9.17) is 10.5 Å². The largest absolute Gasteiger partial charge is 0.381 e. The number of likely N-dealkylation sites (N-methyl/N-ethyl adjacent to an activating group) is 1. The number of nitrogens with zero attached hydrogens (tertiary/aromatic N) is 2. The molecule has 0 radical (unpaired) electrons. The van der Waals surface area contributed by atoms with Gasteiger partial charge < -0.3 is 10.5 Å². The minimum atomic E-state index is 0.288. The number of nitrogens with two attached hydrogens (primary N) is 1. The number of pyridine rings is 1. The van der Waals surface area contributed by atoms with E-state index < -0.39 is 0 Å².